The smallest absolute Gasteiger partial charge is 0.416 e. The van der Waals surface area contributed by atoms with Crippen LogP contribution in [-0.2, 0) is 4.74 Å². The number of rotatable bonds is 6. The number of benzene rings is 1. The van der Waals surface area contributed by atoms with Crippen molar-refractivity contribution in [2.45, 2.75) is 31.2 Å². The van der Waals surface area contributed by atoms with Gasteiger partial charge in [-0.15, -0.1) is 0 Å². The fourth-order valence-electron chi connectivity index (χ4n) is 4.36. The number of nitrogens with one attached hydrogen (secondary N) is 1. The number of aromatic nitrogens is 2. The Labute approximate surface area is 214 Å². The Morgan fingerprint density at radius 1 is 1.15 bits per heavy atom. The summed E-state index contributed by atoms with van der Waals surface area (Å²) in [5, 5.41) is 10.6. The number of cyclic esters (lactones) is 1. The number of carbonyl (C=O) groups excluding carboxylic acids is 2. The standard InChI is InChI=1S/C24H18F6N4O5/c25-11-5-15(26)18(16(27)6-11)34-8-14(22(37)32-20(10-1-2-10)24(28,29)30)19(36)13-3-4-17(31-21(13)34)33-7-12(9-35)39-23(33)38/h3-6,8,10,12,20,35H,1-2,7,9H2,(H,32,37). The van der Waals surface area contributed by atoms with Crippen LogP contribution in [0.1, 0.15) is 23.2 Å². The molecule has 1 aliphatic carbocycles. The van der Waals surface area contributed by atoms with Crippen molar-refractivity contribution in [2.75, 3.05) is 18.1 Å². The molecular weight excluding hydrogens is 538 g/mol. The van der Waals surface area contributed by atoms with Crippen molar-refractivity contribution in [3.63, 3.8) is 0 Å². The summed E-state index contributed by atoms with van der Waals surface area (Å²) in [4.78, 5) is 43.4. The summed E-state index contributed by atoms with van der Waals surface area (Å²) < 4.78 is 89.3. The number of fused-ring (bicyclic) bond motifs is 1. The quantitative estimate of drug-likeness (QED) is 0.451. The average Bonchev–Trinajstić information content (AvgIpc) is 3.62. The van der Waals surface area contributed by atoms with Gasteiger partial charge in [0.15, 0.2) is 17.3 Å². The van der Waals surface area contributed by atoms with Gasteiger partial charge in [0.05, 0.1) is 18.5 Å². The zero-order chi connectivity index (χ0) is 28.2. The molecule has 2 N–H and O–H groups in total. The van der Waals surface area contributed by atoms with Gasteiger partial charge in [0.25, 0.3) is 5.91 Å². The SMILES string of the molecule is O=C(NC(C1CC1)C(F)(F)F)c1cn(-c2c(F)cc(F)cc2F)c2nc(N3CC(CO)OC3=O)ccc2c1=O. The molecule has 2 unspecified atom stereocenters. The van der Waals surface area contributed by atoms with Crippen molar-refractivity contribution in [1.82, 2.24) is 14.9 Å². The monoisotopic (exact) mass is 556 g/mol. The lowest BCUT2D eigenvalue weighted by Gasteiger charge is -2.22. The Kier molecular flexibility index (Phi) is 6.48. The second kappa shape index (κ2) is 9.55. The number of pyridine rings is 2. The minimum Gasteiger partial charge on any atom is -0.441 e. The van der Waals surface area contributed by atoms with Gasteiger partial charge in [-0.25, -0.2) is 22.9 Å². The molecule has 1 saturated carbocycles. The number of ether oxygens (including phenoxy) is 1. The van der Waals surface area contributed by atoms with E-state index < -0.39 is 88.0 Å². The third kappa shape index (κ3) is 4.89. The summed E-state index contributed by atoms with van der Waals surface area (Å²) >= 11 is 0. The van der Waals surface area contributed by atoms with Crippen molar-refractivity contribution < 1.29 is 45.8 Å². The number of aliphatic hydroxyl groups excluding tert-OH is 1. The number of alkyl halides is 3. The van der Waals surface area contributed by atoms with Crippen molar-refractivity contribution in [3.8, 4) is 5.69 Å². The molecule has 2 atom stereocenters. The maximum atomic E-state index is 14.8. The van der Waals surface area contributed by atoms with Crippen LogP contribution < -0.4 is 15.6 Å². The average molecular weight is 556 g/mol. The molecule has 0 bridgehead atoms. The minimum atomic E-state index is -4.81. The van der Waals surface area contributed by atoms with E-state index in [1.165, 1.54) is 0 Å². The number of aliphatic hydroxyl groups is 1. The molecule has 3 heterocycles. The number of hydrogen-bond donors (Lipinski definition) is 2. The molecule has 1 aliphatic heterocycles. The third-order valence-corrected chi connectivity index (χ3v) is 6.39. The van der Waals surface area contributed by atoms with Gasteiger partial charge >= 0.3 is 12.3 Å². The Bertz CT molecular complexity index is 1530. The lowest BCUT2D eigenvalue weighted by molar-refractivity contribution is -0.158. The number of halogens is 6. The number of nitrogens with zero attached hydrogens (tertiary/aromatic N) is 3. The molecule has 2 fully saturated rings. The van der Waals surface area contributed by atoms with Crippen LogP contribution in [0.5, 0.6) is 0 Å². The molecule has 9 nitrogen and oxygen atoms in total. The Hall–Kier alpha value is -4.14. The van der Waals surface area contributed by atoms with Crippen molar-refractivity contribution in [2.24, 2.45) is 5.92 Å². The highest BCUT2D eigenvalue weighted by atomic mass is 19.4. The molecule has 15 heteroatoms. The van der Waals surface area contributed by atoms with Gasteiger partial charge in [0.1, 0.15) is 35.0 Å². The van der Waals surface area contributed by atoms with Gasteiger partial charge < -0.3 is 15.2 Å². The van der Waals surface area contributed by atoms with Crippen molar-refractivity contribution >= 4 is 28.9 Å². The van der Waals surface area contributed by atoms with Crippen molar-refractivity contribution in [3.05, 3.63) is 63.7 Å². The highest BCUT2D eigenvalue weighted by molar-refractivity contribution is 5.98. The molecular formula is C24H18F6N4O5. The molecule has 0 spiro atoms. The van der Waals surface area contributed by atoms with Crippen molar-refractivity contribution in [1.29, 1.82) is 0 Å². The fraction of sp³-hybridized carbons (Fsp3) is 0.333. The van der Waals surface area contributed by atoms with E-state index in [0.717, 1.165) is 17.0 Å². The van der Waals surface area contributed by atoms with E-state index in [4.69, 9.17) is 4.74 Å². The van der Waals surface area contributed by atoms with Crippen LogP contribution in [0.25, 0.3) is 16.7 Å². The second-order valence-electron chi connectivity index (χ2n) is 9.13. The molecule has 39 heavy (non-hydrogen) atoms. The summed E-state index contributed by atoms with van der Waals surface area (Å²) in [5.41, 5.74) is -3.45. The zero-order valence-electron chi connectivity index (χ0n) is 19.6. The number of anilines is 1. The molecule has 2 aliphatic rings. The first-order valence-corrected chi connectivity index (χ1v) is 11.6. The summed E-state index contributed by atoms with van der Waals surface area (Å²) in [5.74, 6) is -6.70. The van der Waals surface area contributed by atoms with Crippen LogP contribution in [0.3, 0.4) is 0 Å². The Morgan fingerprint density at radius 2 is 1.82 bits per heavy atom. The summed E-state index contributed by atoms with van der Waals surface area (Å²) in [6, 6.07) is 0.615. The zero-order valence-corrected chi connectivity index (χ0v) is 19.6. The Balaban J connectivity index is 1.69. The molecule has 3 aromatic rings. The summed E-state index contributed by atoms with van der Waals surface area (Å²) in [7, 11) is 0. The van der Waals surface area contributed by atoms with Gasteiger partial charge in [-0.2, -0.15) is 13.2 Å². The fourth-order valence-corrected chi connectivity index (χ4v) is 4.36. The molecule has 2 amide bonds. The molecule has 0 radical (unpaired) electrons. The van der Waals surface area contributed by atoms with E-state index in [2.05, 4.69) is 4.98 Å². The van der Waals surface area contributed by atoms with Gasteiger partial charge in [-0.05, 0) is 30.9 Å². The van der Waals surface area contributed by atoms with E-state index in [1.807, 2.05) is 0 Å². The molecule has 2 aromatic heterocycles. The summed E-state index contributed by atoms with van der Waals surface area (Å²) in [6.07, 6.45) is -5.60. The van der Waals surface area contributed by atoms with Crippen LogP contribution in [0.15, 0.2) is 35.3 Å². The summed E-state index contributed by atoms with van der Waals surface area (Å²) in [6.45, 7) is -0.664. The normalized spacial score (nSPS) is 18.4. The minimum absolute atomic E-state index is 0.155. The van der Waals surface area contributed by atoms with Crippen LogP contribution in [0.4, 0.5) is 37.0 Å². The van der Waals surface area contributed by atoms with Gasteiger partial charge in [-0.1, -0.05) is 0 Å². The number of carbonyl (C=O) groups is 2. The first-order valence-electron chi connectivity index (χ1n) is 11.6. The maximum Gasteiger partial charge on any atom is 0.416 e. The van der Waals surface area contributed by atoms with Crippen LogP contribution >= 0.6 is 0 Å². The third-order valence-electron chi connectivity index (χ3n) is 6.39. The van der Waals surface area contributed by atoms with Crippen LogP contribution in [0, 0.1) is 23.4 Å². The molecule has 206 valence electrons. The first-order chi connectivity index (χ1) is 18.4. The highest BCUT2D eigenvalue weighted by Crippen LogP contribution is 2.40. The lowest BCUT2D eigenvalue weighted by atomic mass is 10.1. The van der Waals surface area contributed by atoms with Gasteiger partial charge in [-0.3, -0.25) is 19.1 Å². The van der Waals surface area contributed by atoms with E-state index in [9.17, 15) is 45.8 Å². The predicted octanol–water partition coefficient (Wildman–Crippen LogP) is 3.19. The molecule has 1 aromatic carbocycles. The number of amides is 2. The van der Waals surface area contributed by atoms with Crippen LogP contribution in [0.2, 0.25) is 0 Å². The van der Waals surface area contributed by atoms with E-state index >= 15 is 0 Å². The molecule has 5 rings (SSSR count). The van der Waals surface area contributed by atoms with E-state index in [0.29, 0.717) is 22.9 Å². The highest BCUT2D eigenvalue weighted by Gasteiger charge is 2.50. The predicted molar refractivity (Wildman–Crippen MR) is 122 cm³/mol. The second-order valence-corrected chi connectivity index (χ2v) is 9.13. The lowest BCUT2D eigenvalue weighted by Crippen LogP contribution is -2.48. The van der Waals surface area contributed by atoms with Gasteiger partial charge in [0.2, 0.25) is 5.43 Å². The van der Waals surface area contributed by atoms with Crippen LogP contribution in [-0.4, -0.2) is 58.1 Å². The van der Waals surface area contributed by atoms with Gasteiger partial charge in [0, 0.05) is 18.3 Å². The largest absolute Gasteiger partial charge is 0.441 e. The maximum absolute atomic E-state index is 14.8. The Morgan fingerprint density at radius 3 is 2.38 bits per heavy atom. The molecule has 1 saturated heterocycles. The van der Waals surface area contributed by atoms with E-state index in [1.54, 1.807) is 5.32 Å². The topological polar surface area (TPSA) is 114 Å². The number of hydrogen-bond acceptors (Lipinski definition) is 6. The van der Waals surface area contributed by atoms with E-state index in [-0.39, 0.29) is 25.2 Å². The first kappa shape index (κ1) is 26.5.